The molecule has 5 rings (SSSR count). The normalized spacial score (nSPS) is 12.0. The largest absolute Gasteiger partial charge is 0.283 e. The number of hydrogen-bond acceptors (Lipinski definition) is 2. The van der Waals surface area contributed by atoms with Crippen LogP contribution in [0.25, 0.3) is 32.6 Å². The van der Waals surface area contributed by atoms with Gasteiger partial charge in [0.2, 0.25) is 0 Å². The summed E-state index contributed by atoms with van der Waals surface area (Å²) in [5, 5.41) is 3.04. The van der Waals surface area contributed by atoms with Crippen LogP contribution in [0.15, 0.2) is 70.3 Å². The third-order valence-corrected chi connectivity index (χ3v) is 4.30. The minimum Gasteiger partial charge on any atom is -0.267 e. The van der Waals surface area contributed by atoms with Crippen molar-refractivity contribution >= 4 is 32.6 Å². The van der Waals surface area contributed by atoms with Gasteiger partial charge in [0.25, 0.3) is 11.1 Å². The molecule has 104 valence electrons. The summed E-state index contributed by atoms with van der Waals surface area (Å²) in [7, 11) is 0. The minimum absolute atomic E-state index is 0.256. The highest BCUT2D eigenvalue weighted by Crippen LogP contribution is 2.24. The van der Waals surface area contributed by atoms with Gasteiger partial charge in [-0.05, 0) is 29.0 Å². The fourth-order valence-electron chi connectivity index (χ4n) is 3.34. The van der Waals surface area contributed by atoms with E-state index < -0.39 is 0 Å². The van der Waals surface area contributed by atoms with E-state index in [4.69, 9.17) is 0 Å². The molecule has 22 heavy (non-hydrogen) atoms. The molecular weight excluding hydrogens is 276 g/mol. The van der Waals surface area contributed by atoms with Gasteiger partial charge in [-0.2, -0.15) is 4.52 Å². The van der Waals surface area contributed by atoms with Crippen LogP contribution in [-0.2, 0) is 0 Å². The Balaban J connectivity index is 2.23. The quantitative estimate of drug-likeness (QED) is 0.439. The van der Waals surface area contributed by atoms with Gasteiger partial charge in [0.15, 0.2) is 0 Å². The lowest BCUT2D eigenvalue weighted by atomic mass is 10.1. The lowest BCUT2D eigenvalue weighted by molar-refractivity contribution is 0.841. The standard InChI is InChI=1S/C18H10N2O2/c21-17-13-7-3-4-8-14(13)19-15-10-9-11-5-1-2-6-12(11)16(15)18(22)20(17)19/h1-10H. The highest BCUT2D eigenvalue weighted by Gasteiger charge is 2.18. The second-order valence-electron chi connectivity index (χ2n) is 5.43. The van der Waals surface area contributed by atoms with E-state index in [0.717, 1.165) is 21.8 Å². The van der Waals surface area contributed by atoms with Gasteiger partial charge in [-0.3, -0.25) is 9.59 Å². The molecule has 4 nitrogen and oxygen atoms in total. The Bertz CT molecular complexity index is 1310. The molecule has 0 unspecified atom stereocenters. The van der Waals surface area contributed by atoms with E-state index in [9.17, 15) is 9.59 Å². The van der Waals surface area contributed by atoms with Crippen LogP contribution >= 0.6 is 0 Å². The SMILES string of the molecule is O=c1c2ccccc2n2c3ccc4ccccc4c3c(=O)n12. The summed E-state index contributed by atoms with van der Waals surface area (Å²) < 4.78 is 2.96. The van der Waals surface area contributed by atoms with Gasteiger partial charge in [-0.1, -0.05) is 42.5 Å². The van der Waals surface area contributed by atoms with Gasteiger partial charge in [0.05, 0.1) is 21.8 Å². The van der Waals surface area contributed by atoms with Gasteiger partial charge in [0.1, 0.15) is 0 Å². The molecule has 0 fully saturated rings. The summed E-state index contributed by atoms with van der Waals surface area (Å²) in [4.78, 5) is 25.4. The molecule has 2 aromatic heterocycles. The summed E-state index contributed by atoms with van der Waals surface area (Å²) in [6.45, 7) is 0. The van der Waals surface area contributed by atoms with E-state index in [1.165, 1.54) is 4.52 Å². The van der Waals surface area contributed by atoms with Gasteiger partial charge >= 0.3 is 0 Å². The van der Waals surface area contributed by atoms with Crippen molar-refractivity contribution in [2.45, 2.75) is 0 Å². The topological polar surface area (TPSA) is 43.0 Å². The minimum atomic E-state index is -0.263. The van der Waals surface area contributed by atoms with Crippen molar-refractivity contribution in [2.75, 3.05) is 0 Å². The van der Waals surface area contributed by atoms with E-state index >= 15 is 0 Å². The smallest absolute Gasteiger partial charge is 0.267 e. The summed E-state index contributed by atoms with van der Waals surface area (Å²) in [5.74, 6) is 0. The molecule has 0 N–H and O–H groups in total. The molecule has 0 aliphatic carbocycles. The second kappa shape index (κ2) is 3.74. The highest BCUT2D eigenvalue weighted by atomic mass is 16.2. The van der Waals surface area contributed by atoms with E-state index in [2.05, 4.69) is 0 Å². The lowest BCUT2D eigenvalue weighted by Crippen LogP contribution is -2.21. The fraction of sp³-hybridized carbons (Fsp3) is 0. The maximum atomic E-state index is 12.8. The lowest BCUT2D eigenvalue weighted by Gasteiger charge is -1.99. The van der Waals surface area contributed by atoms with Gasteiger partial charge in [-0.25, -0.2) is 4.52 Å². The number of rotatable bonds is 0. The Morgan fingerprint density at radius 1 is 0.591 bits per heavy atom. The van der Waals surface area contributed by atoms with Crippen LogP contribution in [0.4, 0.5) is 0 Å². The van der Waals surface area contributed by atoms with Crippen molar-refractivity contribution < 1.29 is 0 Å². The second-order valence-corrected chi connectivity index (χ2v) is 5.43. The number of aromatic nitrogens is 2. The Morgan fingerprint density at radius 3 is 2.18 bits per heavy atom. The summed E-state index contributed by atoms with van der Waals surface area (Å²) in [6, 6.07) is 18.9. The van der Waals surface area contributed by atoms with Crippen molar-refractivity contribution in [3.63, 3.8) is 0 Å². The van der Waals surface area contributed by atoms with Crippen LogP contribution in [0, 0.1) is 0 Å². The number of fused-ring (bicyclic) bond motifs is 7. The third kappa shape index (κ3) is 1.18. The maximum absolute atomic E-state index is 12.8. The van der Waals surface area contributed by atoms with Crippen LogP contribution in [0.2, 0.25) is 0 Å². The molecule has 0 saturated heterocycles. The predicted molar refractivity (Wildman–Crippen MR) is 87.1 cm³/mol. The molecule has 0 radical (unpaired) electrons. The molecule has 0 amide bonds. The molecule has 2 heterocycles. The average molecular weight is 286 g/mol. The third-order valence-electron chi connectivity index (χ3n) is 4.30. The van der Waals surface area contributed by atoms with Crippen molar-refractivity contribution in [1.29, 1.82) is 0 Å². The first-order chi connectivity index (χ1) is 10.8. The molecule has 5 aromatic rings. The monoisotopic (exact) mass is 286 g/mol. The molecule has 0 atom stereocenters. The van der Waals surface area contributed by atoms with Crippen molar-refractivity contribution in [2.24, 2.45) is 0 Å². The van der Waals surface area contributed by atoms with E-state index in [-0.39, 0.29) is 11.1 Å². The summed E-state index contributed by atoms with van der Waals surface area (Å²) in [6.07, 6.45) is 0. The molecular formula is C18H10N2O2. The number of para-hydroxylation sites is 1. The van der Waals surface area contributed by atoms with Crippen LogP contribution in [0.1, 0.15) is 0 Å². The van der Waals surface area contributed by atoms with E-state index in [0.29, 0.717) is 10.8 Å². The zero-order chi connectivity index (χ0) is 14.8. The Labute approximate surface area is 123 Å². The Hall–Kier alpha value is -3.14. The fourth-order valence-corrected chi connectivity index (χ4v) is 3.34. The average Bonchev–Trinajstić information content (AvgIpc) is 3.03. The zero-order valence-corrected chi connectivity index (χ0v) is 11.5. The maximum Gasteiger partial charge on any atom is 0.283 e. The van der Waals surface area contributed by atoms with Crippen LogP contribution in [0.3, 0.4) is 0 Å². The Morgan fingerprint density at radius 2 is 1.32 bits per heavy atom. The van der Waals surface area contributed by atoms with Crippen molar-refractivity contribution in [3.05, 3.63) is 81.4 Å². The van der Waals surface area contributed by atoms with Crippen molar-refractivity contribution in [3.8, 4) is 0 Å². The van der Waals surface area contributed by atoms with Crippen molar-refractivity contribution in [1.82, 2.24) is 9.03 Å². The zero-order valence-electron chi connectivity index (χ0n) is 11.5. The van der Waals surface area contributed by atoms with Gasteiger partial charge < -0.3 is 0 Å². The molecule has 4 heteroatoms. The summed E-state index contributed by atoms with van der Waals surface area (Å²) >= 11 is 0. The number of hydrogen-bond donors (Lipinski definition) is 0. The molecule has 0 bridgehead atoms. The van der Waals surface area contributed by atoms with E-state index in [1.807, 2.05) is 54.6 Å². The number of nitrogens with zero attached hydrogens (tertiary/aromatic N) is 2. The van der Waals surface area contributed by atoms with Gasteiger partial charge in [-0.15, -0.1) is 0 Å². The highest BCUT2D eigenvalue weighted by molar-refractivity contribution is 6.07. The molecule has 0 aliphatic heterocycles. The van der Waals surface area contributed by atoms with Crippen LogP contribution in [0.5, 0.6) is 0 Å². The molecule has 0 aliphatic rings. The van der Waals surface area contributed by atoms with Crippen LogP contribution in [-0.4, -0.2) is 9.03 Å². The van der Waals surface area contributed by atoms with Crippen LogP contribution < -0.4 is 11.1 Å². The Kier molecular flexibility index (Phi) is 1.96. The molecule has 0 saturated carbocycles. The molecule has 0 spiro atoms. The summed E-state index contributed by atoms with van der Waals surface area (Å²) in [5.41, 5.74) is 1.01. The first-order valence-electron chi connectivity index (χ1n) is 7.07. The predicted octanol–water partition coefficient (Wildman–Crippen LogP) is 2.66. The van der Waals surface area contributed by atoms with E-state index in [1.54, 1.807) is 10.6 Å². The van der Waals surface area contributed by atoms with Gasteiger partial charge in [0, 0.05) is 0 Å². The molecule has 3 aromatic carbocycles. The first-order valence-corrected chi connectivity index (χ1v) is 7.07. The number of benzene rings is 3. The first kappa shape index (κ1) is 11.5.